The van der Waals surface area contributed by atoms with Crippen LogP contribution < -0.4 is 0 Å². The van der Waals surface area contributed by atoms with Gasteiger partial charge in [-0.1, -0.05) is 74.3 Å². The number of likely N-dealkylation sites (tertiary alicyclic amines) is 2. The third kappa shape index (κ3) is 9.05. The first-order chi connectivity index (χ1) is 18.2. The van der Waals surface area contributed by atoms with Gasteiger partial charge >= 0.3 is 0 Å². The van der Waals surface area contributed by atoms with Gasteiger partial charge in [0.2, 0.25) is 0 Å². The molecule has 1 aliphatic carbocycles. The number of hydrogen-bond acceptors (Lipinski definition) is 4. The van der Waals surface area contributed by atoms with Gasteiger partial charge in [0.1, 0.15) is 6.23 Å². The molecule has 0 spiro atoms. The van der Waals surface area contributed by atoms with E-state index < -0.39 is 5.60 Å². The van der Waals surface area contributed by atoms with Crippen molar-refractivity contribution < 1.29 is 10.2 Å². The molecular formula is C34H66N2O2. The monoisotopic (exact) mass is 535 g/mol. The molecule has 0 bridgehead atoms. The van der Waals surface area contributed by atoms with Crippen LogP contribution in [0.4, 0.5) is 0 Å². The van der Waals surface area contributed by atoms with Crippen molar-refractivity contribution in [2.45, 2.75) is 150 Å². The smallest absolute Gasteiger partial charge is 0.107 e. The summed E-state index contributed by atoms with van der Waals surface area (Å²) in [6.45, 7) is 21.8. The molecule has 2 aliphatic heterocycles. The second-order valence-corrected chi connectivity index (χ2v) is 13.1. The molecule has 3 aliphatic rings. The minimum absolute atomic E-state index is 0.307. The van der Waals surface area contributed by atoms with Crippen molar-refractivity contribution in [3.8, 4) is 0 Å². The number of β-amino-alcohol motifs (C(OH)–C–C–N with tert-alkyl or cyclic N) is 1. The lowest BCUT2D eigenvalue weighted by atomic mass is 9.69. The van der Waals surface area contributed by atoms with Crippen LogP contribution in [-0.2, 0) is 0 Å². The van der Waals surface area contributed by atoms with Crippen molar-refractivity contribution in [1.29, 1.82) is 0 Å². The predicted molar refractivity (Wildman–Crippen MR) is 164 cm³/mol. The molecule has 4 heteroatoms. The molecule has 0 aromatic heterocycles. The van der Waals surface area contributed by atoms with Gasteiger partial charge in [-0.3, -0.25) is 4.90 Å². The zero-order valence-corrected chi connectivity index (χ0v) is 26.7. The minimum Gasteiger partial charge on any atom is -0.384 e. The summed E-state index contributed by atoms with van der Waals surface area (Å²) in [4.78, 5) is 4.99. The van der Waals surface area contributed by atoms with Crippen LogP contribution in [0.3, 0.4) is 0 Å². The van der Waals surface area contributed by atoms with Crippen molar-refractivity contribution in [3.05, 3.63) is 11.6 Å². The zero-order valence-electron chi connectivity index (χ0n) is 26.7. The lowest BCUT2D eigenvalue weighted by Crippen LogP contribution is -2.50. The fourth-order valence-corrected chi connectivity index (χ4v) is 7.95. The van der Waals surface area contributed by atoms with Crippen molar-refractivity contribution in [1.82, 2.24) is 9.80 Å². The van der Waals surface area contributed by atoms with Crippen LogP contribution >= 0.6 is 0 Å². The molecule has 0 radical (unpaired) electrons. The van der Waals surface area contributed by atoms with E-state index in [2.05, 4.69) is 57.4 Å². The van der Waals surface area contributed by atoms with Gasteiger partial charge in [-0.25, -0.2) is 0 Å². The first kappa shape index (κ1) is 33.8. The van der Waals surface area contributed by atoms with Gasteiger partial charge < -0.3 is 15.1 Å². The largest absolute Gasteiger partial charge is 0.384 e. The molecule has 8 unspecified atom stereocenters. The molecule has 0 aromatic rings. The highest BCUT2D eigenvalue weighted by atomic mass is 16.3. The van der Waals surface area contributed by atoms with Crippen molar-refractivity contribution in [3.63, 3.8) is 0 Å². The average Bonchev–Trinajstić information content (AvgIpc) is 3.30. The van der Waals surface area contributed by atoms with E-state index in [1.165, 1.54) is 50.5 Å². The Balaban J connectivity index is 0.00000247. The SMILES string of the molecule is CC.CC/C=C(\CC)C1(O)CCN(CCC(CC(O)N2CCCC(C)C2CCC)C2CCC(C)C(C)C2)C1. The molecule has 8 atom stereocenters. The van der Waals surface area contributed by atoms with Gasteiger partial charge in [0.05, 0.1) is 5.60 Å². The van der Waals surface area contributed by atoms with Crippen LogP contribution in [0.5, 0.6) is 0 Å². The van der Waals surface area contributed by atoms with Crippen LogP contribution in [0.2, 0.25) is 0 Å². The number of hydrogen-bond donors (Lipinski definition) is 2. The number of aliphatic hydroxyl groups is 2. The Kier molecular flexibility index (Phi) is 14.9. The molecule has 38 heavy (non-hydrogen) atoms. The number of allylic oxidation sites excluding steroid dienone is 1. The molecule has 4 nitrogen and oxygen atoms in total. The number of rotatable bonds is 12. The van der Waals surface area contributed by atoms with E-state index in [0.717, 1.165) is 76.0 Å². The maximum atomic E-state index is 11.6. The van der Waals surface area contributed by atoms with Gasteiger partial charge in [-0.2, -0.15) is 0 Å². The van der Waals surface area contributed by atoms with Crippen LogP contribution in [0, 0.1) is 29.6 Å². The topological polar surface area (TPSA) is 46.9 Å². The fraction of sp³-hybridized carbons (Fsp3) is 0.941. The Hall–Kier alpha value is -0.420. The highest BCUT2D eigenvalue weighted by Crippen LogP contribution is 2.41. The van der Waals surface area contributed by atoms with E-state index >= 15 is 0 Å². The highest BCUT2D eigenvalue weighted by Gasteiger charge is 2.40. The number of nitrogens with zero attached hydrogens (tertiary/aromatic N) is 2. The van der Waals surface area contributed by atoms with Gasteiger partial charge in [-0.15, -0.1) is 0 Å². The first-order valence-electron chi connectivity index (χ1n) is 16.8. The summed E-state index contributed by atoms with van der Waals surface area (Å²) in [6.07, 6.45) is 15.7. The molecule has 1 saturated carbocycles. The Morgan fingerprint density at radius 3 is 2.37 bits per heavy atom. The highest BCUT2D eigenvalue weighted by molar-refractivity contribution is 5.19. The Bertz CT molecular complexity index is 681. The summed E-state index contributed by atoms with van der Waals surface area (Å²) >= 11 is 0. The zero-order chi connectivity index (χ0) is 28.3. The second-order valence-electron chi connectivity index (χ2n) is 13.1. The second kappa shape index (κ2) is 16.7. The number of aliphatic hydroxyl groups excluding tert-OH is 1. The van der Waals surface area contributed by atoms with E-state index in [0.29, 0.717) is 17.9 Å². The quantitative estimate of drug-likeness (QED) is 0.250. The van der Waals surface area contributed by atoms with Crippen molar-refractivity contribution >= 4 is 0 Å². The molecule has 3 fully saturated rings. The van der Waals surface area contributed by atoms with Gasteiger partial charge in [0.25, 0.3) is 0 Å². The van der Waals surface area contributed by atoms with Gasteiger partial charge in [-0.05, 0) is 106 Å². The van der Waals surface area contributed by atoms with Crippen LogP contribution in [0.1, 0.15) is 132 Å². The lowest BCUT2D eigenvalue weighted by molar-refractivity contribution is -0.0778. The molecule has 2 heterocycles. The third-order valence-electron chi connectivity index (χ3n) is 10.5. The average molecular weight is 535 g/mol. The first-order valence-corrected chi connectivity index (χ1v) is 16.8. The standard InChI is InChI=1S/C32H60N2O2.C2H6/c1-7-11-29(9-3)32(36)17-20-33(23-32)19-16-28(27-15-14-24(4)26(6)21-27)22-31(35)34-18-10-13-25(5)30(34)12-8-2;1-2/h11,24-28,30-31,35-36H,7-10,12-23H2,1-6H3;1-2H3/b29-11+;. The Labute approximate surface area is 237 Å². The summed E-state index contributed by atoms with van der Waals surface area (Å²) in [6, 6.07) is 0.538. The Morgan fingerprint density at radius 2 is 1.74 bits per heavy atom. The van der Waals surface area contributed by atoms with E-state index in [4.69, 9.17) is 0 Å². The lowest BCUT2D eigenvalue weighted by Gasteiger charge is -2.45. The van der Waals surface area contributed by atoms with Gasteiger partial charge in [0, 0.05) is 25.7 Å². The Morgan fingerprint density at radius 1 is 1.00 bits per heavy atom. The van der Waals surface area contributed by atoms with E-state index in [1.54, 1.807) is 0 Å². The van der Waals surface area contributed by atoms with E-state index in [9.17, 15) is 10.2 Å². The maximum absolute atomic E-state index is 11.6. The van der Waals surface area contributed by atoms with Crippen molar-refractivity contribution in [2.24, 2.45) is 29.6 Å². The summed E-state index contributed by atoms with van der Waals surface area (Å²) in [5.41, 5.74) is 0.599. The van der Waals surface area contributed by atoms with Crippen LogP contribution in [0.25, 0.3) is 0 Å². The summed E-state index contributed by atoms with van der Waals surface area (Å²) < 4.78 is 0. The fourth-order valence-electron chi connectivity index (χ4n) is 7.95. The molecule has 2 N–H and O–H groups in total. The predicted octanol–water partition coefficient (Wildman–Crippen LogP) is 7.88. The summed E-state index contributed by atoms with van der Waals surface area (Å²) in [5.74, 6) is 3.60. The van der Waals surface area contributed by atoms with Crippen molar-refractivity contribution in [2.75, 3.05) is 26.2 Å². The molecule has 224 valence electrons. The number of piperidine rings is 1. The molecule has 3 rings (SSSR count). The van der Waals surface area contributed by atoms with Crippen LogP contribution in [0.15, 0.2) is 11.6 Å². The summed E-state index contributed by atoms with van der Waals surface area (Å²) in [7, 11) is 0. The summed E-state index contributed by atoms with van der Waals surface area (Å²) in [5, 5.41) is 23.0. The molecule has 0 aromatic carbocycles. The van der Waals surface area contributed by atoms with E-state index in [-0.39, 0.29) is 6.23 Å². The van der Waals surface area contributed by atoms with Gasteiger partial charge in [0.15, 0.2) is 0 Å². The third-order valence-corrected chi connectivity index (χ3v) is 10.5. The molecule has 2 saturated heterocycles. The normalized spacial score (nSPS) is 35.0. The van der Waals surface area contributed by atoms with Crippen LogP contribution in [-0.4, -0.2) is 64.1 Å². The molecule has 0 amide bonds. The molecular weight excluding hydrogens is 468 g/mol. The minimum atomic E-state index is -0.633. The van der Waals surface area contributed by atoms with E-state index in [1.807, 2.05) is 13.8 Å². The maximum Gasteiger partial charge on any atom is 0.107 e.